The van der Waals surface area contributed by atoms with Crippen LogP contribution in [0, 0.1) is 0 Å². The van der Waals surface area contributed by atoms with Gasteiger partial charge >= 0.3 is 0 Å². The van der Waals surface area contributed by atoms with Crippen LogP contribution in [0.25, 0.3) is 0 Å². The molecule has 18 heavy (non-hydrogen) atoms. The van der Waals surface area contributed by atoms with Crippen LogP contribution in [0.1, 0.15) is 19.8 Å². The van der Waals surface area contributed by atoms with Crippen LogP contribution in [0.3, 0.4) is 0 Å². The molecule has 100 valence electrons. The molecule has 1 unspecified atom stereocenters. The molecule has 1 amide bonds. The highest BCUT2D eigenvalue weighted by Crippen LogP contribution is 2.23. The van der Waals surface area contributed by atoms with Crippen LogP contribution >= 0.6 is 11.8 Å². The molecule has 0 spiro atoms. The Morgan fingerprint density at radius 2 is 2.22 bits per heavy atom. The zero-order chi connectivity index (χ0) is 13.0. The highest BCUT2D eigenvalue weighted by Gasteiger charge is 2.25. The van der Waals surface area contributed by atoms with E-state index in [4.69, 9.17) is 5.73 Å². The number of thioether (sulfide) groups is 1. The number of rotatable bonds is 5. The van der Waals surface area contributed by atoms with Gasteiger partial charge < -0.3 is 10.6 Å². The summed E-state index contributed by atoms with van der Waals surface area (Å²) in [6.07, 6.45) is 2.21. The van der Waals surface area contributed by atoms with Crippen molar-refractivity contribution in [2.75, 3.05) is 19.6 Å². The van der Waals surface area contributed by atoms with E-state index in [0.717, 1.165) is 25.9 Å². The van der Waals surface area contributed by atoms with Gasteiger partial charge in [-0.1, -0.05) is 11.8 Å². The molecule has 0 aromatic carbocycles. The van der Waals surface area contributed by atoms with E-state index >= 15 is 0 Å². The van der Waals surface area contributed by atoms with E-state index in [9.17, 15) is 4.79 Å². The number of nitrogens with two attached hydrogens (primary N) is 1. The van der Waals surface area contributed by atoms with Gasteiger partial charge in [-0.05, 0) is 30.2 Å². The van der Waals surface area contributed by atoms with Crippen molar-refractivity contribution in [3.63, 3.8) is 0 Å². The summed E-state index contributed by atoms with van der Waals surface area (Å²) in [5, 5.41) is 11.9. The van der Waals surface area contributed by atoms with E-state index in [1.165, 1.54) is 11.8 Å². The minimum Gasteiger partial charge on any atom is -0.342 e. The van der Waals surface area contributed by atoms with E-state index in [-0.39, 0.29) is 11.2 Å². The summed E-state index contributed by atoms with van der Waals surface area (Å²) in [6.45, 7) is 4.69. The van der Waals surface area contributed by atoms with E-state index in [2.05, 4.69) is 15.5 Å². The molecule has 1 aliphatic heterocycles. The lowest BCUT2D eigenvalue weighted by Crippen LogP contribution is -2.34. The van der Waals surface area contributed by atoms with Crippen molar-refractivity contribution >= 4 is 17.7 Å². The summed E-state index contributed by atoms with van der Waals surface area (Å²) in [4.78, 5) is 14.1. The van der Waals surface area contributed by atoms with Crippen molar-refractivity contribution in [2.45, 2.75) is 36.7 Å². The van der Waals surface area contributed by atoms with E-state index in [0.29, 0.717) is 18.2 Å². The van der Waals surface area contributed by atoms with Crippen molar-refractivity contribution < 1.29 is 4.79 Å². The molecule has 1 atom stereocenters. The fraction of sp³-hybridized carbons (Fsp3) is 0.800. The predicted octanol–water partition coefficient (Wildman–Crippen LogP) is -0.265. The number of carbonyl (C=O) groups is 1. The Hall–Kier alpha value is -1.15. The van der Waals surface area contributed by atoms with Gasteiger partial charge in [0.2, 0.25) is 11.1 Å². The molecule has 1 aliphatic rings. The normalized spacial score (nSPS) is 17.1. The summed E-state index contributed by atoms with van der Waals surface area (Å²) in [5.41, 5.74) is 5.48. The highest BCUT2D eigenvalue weighted by molar-refractivity contribution is 8.00. The average Bonchev–Trinajstić information content (AvgIpc) is 3.00. The van der Waals surface area contributed by atoms with Crippen molar-refractivity contribution in [3.05, 3.63) is 0 Å². The first kappa shape index (κ1) is 13.3. The lowest BCUT2D eigenvalue weighted by Gasteiger charge is -2.19. The molecule has 8 heteroatoms. The van der Waals surface area contributed by atoms with Gasteiger partial charge in [0.25, 0.3) is 0 Å². The molecule has 0 radical (unpaired) electrons. The second-order valence-electron chi connectivity index (χ2n) is 4.27. The quantitative estimate of drug-likeness (QED) is 0.741. The van der Waals surface area contributed by atoms with Gasteiger partial charge in [0.05, 0.1) is 11.8 Å². The van der Waals surface area contributed by atoms with E-state index in [1.54, 1.807) is 4.68 Å². The summed E-state index contributed by atoms with van der Waals surface area (Å²) in [7, 11) is 0. The van der Waals surface area contributed by atoms with Gasteiger partial charge in [0, 0.05) is 19.6 Å². The lowest BCUT2D eigenvalue weighted by molar-refractivity contribution is -0.129. The van der Waals surface area contributed by atoms with Crippen LogP contribution in [0.5, 0.6) is 0 Å². The van der Waals surface area contributed by atoms with Gasteiger partial charge in [0.15, 0.2) is 0 Å². The summed E-state index contributed by atoms with van der Waals surface area (Å²) in [6, 6.07) is 0. The molecule has 1 aromatic rings. The molecule has 2 heterocycles. The molecule has 0 saturated carbocycles. The van der Waals surface area contributed by atoms with Crippen LogP contribution < -0.4 is 5.73 Å². The Balaban J connectivity index is 1.95. The minimum absolute atomic E-state index is 0.161. The maximum atomic E-state index is 12.1. The molecular formula is C10H18N6OS. The largest absolute Gasteiger partial charge is 0.342 e. The summed E-state index contributed by atoms with van der Waals surface area (Å²) in [5.74, 6) is 0.166. The molecule has 7 nitrogen and oxygen atoms in total. The van der Waals surface area contributed by atoms with Crippen LogP contribution in [0.4, 0.5) is 0 Å². The molecule has 1 aromatic heterocycles. The minimum atomic E-state index is -0.161. The third kappa shape index (κ3) is 2.99. The third-order valence-corrected chi connectivity index (χ3v) is 3.95. The summed E-state index contributed by atoms with van der Waals surface area (Å²) < 4.78 is 1.64. The molecular weight excluding hydrogens is 252 g/mol. The molecule has 1 saturated heterocycles. The Morgan fingerprint density at radius 1 is 1.50 bits per heavy atom. The average molecular weight is 270 g/mol. The van der Waals surface area contributed by atoms with Crippen molar-refractivity contribution in [1.29, 1.82) is 0 Å². The first-order valence-electron chi connectivity index (χ1n) is 6.14. The number of tetrazole rings is 1. The predicted molar refractivity (Wildman–Crippen MR) is 68.0 cm³/mol. The van der Waals surface area contributed by atoms with Gasteiger partial charge in [-0.15, -0.1) is 5.10 Å². The SMILES string of the molecule is CC(Sc1nnnn1CCN)C(=O)N1CCCC1. The third-order valence-electron chi connectivity index (χ3n) is 2.89. The maximum Gasteiger partial charge on any atom is 0.235 e. The van der Waals surface area contributed by atoms with Gasteiger partial charge in [-0.3, -0.25) is 4.79 Å². The van der Waals surface area contributed by atoms with Crippen LogP contribution in [0.15, 0.2) is 5.16 Å². The van der Waals surface area contributed by atoms with Crippen molar-refractivity contribution in [1.82, 2.24) is 25.1 Å². The van der Waals surface area contributed by atoms with Crippen molar-refractivity contribution in [3.8, 4) is 0 Å². The van der Waals surface area contributed by atoms with Gasteiger partial charge in [0.1, 0.15) is 0 Å². The topological polar surface area (TPSA) is 89.9 Å². The molecule has 0 bridgehead atoms. The Labute approximate surface area is 110 Å². The molecule has 1 fully saturated rings. The number of hydrogen-bond acceptors (Lipinski definition) is 6. The number of aromatic nitrogens is 4. The van der Waals surface area contributed by atoms with Crippen LogP contribution in [-0.2, 0) is 11.3 Å². The Kier molecular flexibility index (Phi) is 4.54. The number of carbonyl (C=O) groups excluding carboxylic acids is 1. The fourth-order valence-electron chi connectivity index (χ4n) is 1.95. The zero-order valence-electron chi connectivity index (χ0n) is 10.4. The van der Waals surface area contributed by atoms with E-state index in [1.807, 2.05) is 11.8 Å². The second kappa shape index (κ2) is 6.14. The zero-order valence-corrected chi connectivity index (χ0v) is 11.3. The van der Waals surface area contributed by atoms with E-state index < -0.39 is 0 Å². The van der Waals surface area contributed by atoms with Gasteiger partial charge in [-0.2, -0.15) is 0 Å². The fourth-order valence-corrected chi connectivity index (χ4v) is 2.85. The maximum absolute atomic E-state index is 12.1. The smallest absolute Gasteiger partial charge is 0.235 e. The monoisotopic (exact) mass is 270 g/mol. The van der Waals surface area contributed by atoms with Crippen LogP contribution in [0.2, 0.25) is 0 Å². The molecule has 0 aliphatic carbocycles. The summed E-state index contributed by atoms with van der Waals surface area (Å²) >= 11 is 1.39. The number of hydrogen-bond donors (Lipinski definition) is 1. The number of nitrogens with zero attached hydrogens (tertiary/aromatic N) is 5. The first-order valence-corrected chi connectivity index (χ1v) is 7.02. The number of likely N-dealkylation sites (tertiary alicyclic amines) is 1. The molecule has 2 rings (SSSR count). The first-order chi connectivity index (χ1) is 8.72. The Bertz CT molecular complexity index is 403. The number of amides is 1. The molecule has 2 N–H and O–H groups in total. The highest BCUT2D eigenvalue weighted by atomic mass is 32.2. The second-order valence-corrected chi connectivity index (χ2v) is 5.57. The lowest BCUT2D eigenvalue weighted by atomic mass is 10.4. The van der Waals surface area contributed by atoms with Crippen LogP contribution in [-0.4, -0.2) is 55.9 Å². The standard InChI is InChI=1S/C10H18N6OS/c1-8(9(17)15-5-2-3-6-15)18-10-12-13-14-16(10)7-4-11/h8H,2-7,11H2,1H3. The van der Waals surface area contributed by atoms with Crippen molar-refractivity contribution in [2.24, 2.45) is 5.73 Å². The van der Waals surface area contributed by atoms with Gasteiger partial charge in [-0.25, -0.2) is 4.68 Å². The Morgan fingerprint density at radius 3 is 2.89 bits per heavy atom.